The highest BCUT2D eigenvalue weighted by atomic mass is 16.1. The van der Waals surface area contributed by atoms with Gasteiger partial charge in [-0.2, -0.15) is 0 Å². The van der Waals surface area contributed by atoms with E-state index in [1.165, 1.54) is 0 Å². The van der Waals surface area contributed by atoms with Crippen molar-refractivity contribution < 1.29 is 4.79 Å². The van der Waals surface area contributed by atoms with Crippen molar-refractivity contribution in [3.05, 3.63) is 53.7 Å². The predicted molar refractivity (Wildman–Crippen MR) is 72.4 cm³/mol. The van der Waals surface area contributed by atoms with E-state index in [4.69, 9.17) is 0 Å². The molecule has 0 radical (unpaired) electrons. The van der Waals surface area contributed by atoms with Crippen LogP contribution in [0.15, 0.2) is 48.2 Å². The van der Waals surface area contributed by atoms with Crippen molar-refractivity contribution in [3.63, 3.8) is 0 Å². The fraction of sp³-hybridized carbons (Fsp3) is 0.250. The molecule has 0 atom stereocenters. The first kappa shape index (κ1) is 11.1. The van der Waals surface area contributed by atoms with Gasteiger partial charge in [0.05, 0.1) is 5.52 Å². The van der Waals surface area contributed by atoms with Crippen LogP contribution in [0.5, 0.6) is 0 Å². The normalized spacial score (nSPS) is 14.8. The van der Waals surface area contributed by atoms with Gasteiger partial charge in [0.25, 0.3) is 0 Å². The van der Waals surface area contributed by atoms with Crippen LogP contribution in [0, 0.1) is 0 Å². The molecule has 0 unspecified atom stereocenters. The Morgan fingerprint density at radius 2 is 2.11 bits per heavy atom. The van der Waals surface area contributed by atoms with Crippen LogP contribution in [0.3, 0.4) is 0 Å². The summed E-state index contributed by atoms with van der Waals surface area (Å²) >= 11 is 0. The van der Waals surface area contributed by atoms with Gasteiger partial charge in [-0.15, -0.1) is 0 Å². The minimum Gasteiger partial charge on any atom is -0.294 e. The molecule has 1 aliphatic carbocycles. The fourth-order valence-corrected chi connectivity index (χ4v) is 2.52. The maximum absolute atomic E-state index is 12.2. The van der Waals surface area contributed by atoms with Gasteiger partial charge in [0.15, 0.2) is 5.78 Å². The lowest BCUT2D eigenvalue weighted by atomic mass is 10.00. The number of hydrogen-bond acceptors (Lipinski definition) is 2. The number of pyridine rings is 1. The van der Waals surface area contributed by atoms with E-state index in [2.05, 4.69) is 11.1 Å². The first-order valence-corrected chi connectivity index (χ1v) is 6.39. The van der Waals surface area contributed by atoms with Crippen LogP contribution < -0.4 is 0 Å². The van der Waals surface area contributed by atoms with Gasteiger partial charge in [-0.25, -0.2) is 0 Å². The Morgan fingerprint density at radius 1 is 1.22 bits per heavy atom. The Labute approximate surface area is 106 Å². The van der Waals surface area contributed by atoms with Crippen molar-refractivity contribution in [3.8, 4) is 0 Å². The van der Waals surface area contributed by atoms with Gasteiger partial charge in [0, 0.05) is 18.0 Å². The topological polar surface area (TPSA) is 30.0 Å². The summed E-state index contributed by atoms with van der Waals surface area (Å²) in [7, 11) is 0. The summed E-state index contributed by atoms with van der Waals surface area (Å²) in [4.78, 5) is 16.5. The number of carbonyl (C=O) groups is 1. The molecule has 0 bridgehead atoms. The molecule has 3 rings (SSSR count). The molecular formula is C16H15NO. The third-order valence-corrected chi connectivity index (χ3v) is 3.49. The number of fused-ring (bicyclic) bond motifs is 1. The molecule has 2 nitrogen and oxygen atoms in total. The van der Waals surface area contributed by atoms with E-state index in [0.29, 0.717) is 6.42 Å². The molecule has 0 saturated carbocycles. The Hall–Kier alpha value is -1.96. The zero-order valence-electron chi connectivity index (χ0n) is 10.2. The minimum absolute atomic E-state index is 0.267. The SMILES string of the molecule is O=C(Cc1ccnc2ccccc12)C1=CCCC1. The van der Waals surface area contributed by atoms with Crippen molar-refractivity contribution in [1.29, 1.82) is 0 Å². The molecule has 1 aromatic heterocycles. The standard InChI is InChI=1S/C16H15NO/c18-16(12-5-1-2-6-12)11-13-9-10-17-15-8-4-3-7-14(13)15/h3-5,7-10H,1-2,6,11H2. The zero-order valence-corrected chi connectivity index (χ0v) is 10.2. The van der Waals surface area contributed by atoms with E-state index < -0.39 is 0 Å². The Morgan fingerprint density at radius 3 is 2.94 bits per heavy atom. The lowest BCUT2D eigenvalue weighted by molar-refractivity contribution is -0.115. The average molecular weight is 237 g/mol. The number of benzene rings is 1. The van der Waals surface area contributed by atoms with Crippen molar-refractivity contribution in [2.24, 2.45) is 0 Å². The third kappa shape index (κ3) is 2.06. The number of ketones is 1. The van der Waals surface area contributed by atoms with E-state index in [9.17, 15) is 4.79 Å². The summed E-state index contributed by atoms with van der Waals surface area (Å²) in [5, 5.41) is 1.09. The molecule has 1 heterocycles. The fourth-order valence-electron chi connectivity index (χ4n) is 2.52. The van der Waals surface area contributed by atoms with Gasteiger partial charge in [-0.05, 0) is 42.5 Å². The number of nitrogens with zero attached hydrogens (tertiary/aromatic N) is 1. The molecule has 1 aliphatic rings. The average Bonchev–Trinajstić information content (AvgIpc) is 2.93. The second-order valence-corrected chi connectivity index (χ2v) is 4.71. The van der Waals surface area contributed by atoms with Crippen LogP contribution in [0.1, 0.15) is 24.8 Å². The van der Waals surface area contributed by atoms with Crippen LogP contribution in [0.2, 0.25) is 0 Å². The molecule has 0 fully saturated rings. The van der Waals surface area contributed by atoms with E-state index in [1.54, 1.807) is 6.20 Å². The molecule has 1 aromatic carbocycles. The van der Waals surface area contributed by atoms with Crippen LogP contribution >= 0.6 is 0 Å². The van der Waals surface area contributed by atoms with E-state index in [1.807, 2.05) is 30.3 Å². The Balaban J connectivity index is 1.93. The van der Waals surface area contributed by atoms with Crippen molar-refractivity contribution >= 4 is 16.7 Å². The van der Waals surface area contributed by atoms with Gasteiger partial charge in [0.2, 0.25) is 0 Å². The number of Topliss-reactive ketones (excluding diaryl/α,β-unsaturated/α-hetero) is 1. The highest BCUT2D eigenvalue weighted by Crippen LogP contribution is 2.22. The van der Waals surface area contributed by atoms with E-state index >= 15 is 0 Å². The van der Waals surface area contributed by atoms with Gasteiger partial charge >= 0.3 is 0 Å². The predicted octanol–water partition coefficient (Wildman–Crippen LogP) is 3.46. The Bertz CT molecular complexity index is 623. The number of hydrogen-bond donors (Lipinski definition) is 0. The quantitative estimate of drug-likeness (QED) is 0.818. The third-order valence-electron chi connectivity index (χ3n) is 3.49. The molecule has 18 heavy (non-hydrogen) atoms. The smallest absolute Gasteiger partial charge is 0.162 e. The zero-order chi connectivity index (χ0) is 12.4. The second kappa shape index (κ2) is 4.73. The highest BCUT2D eigenvalue weighted by molar-refractivity contribution is 5.99. The lowest BCUT2D eigenvalue weighted by Gasteiger charge is -2.05. The van der Waals surface area contributed by atoms with Crippen LogP contribution in [-0.4, -0.2) is 10.8 Å². The van der Waals surface area contributed by atoms with Gasteiger partial charge in [-0.3, -0.25) is 9.78 Å². The van der Waals surface area contributed by atoms with Crippen molar-refractivity contribution in [2.45, 2.75) is 25.7 Å². The van der Waals surface area contributed by atoms with Crippen LogP contribution in [0.4, 0.5) is 0 Å². The summed E-state index contributed by atoms with van der Waals surface area (Å²) in [5.74, 6) is 0.267. The first-order chi connectivity index (χ1) is 8.84. The number of carbonyl (C=O) groups excluding carboxylic acids is 1. The number of para-hydroxylation sites is 1. The molecule has 0 amide bonds. The first-order valence-electron chi connectivity index (χ1n) is 6.39. The number of rotatable bonds is 3. The maximum Gasteiger partial charge on any atom is 0.162 e. The molecule has 0 spiro atoms. The van der Waals surface area contributed by atoms with Gasteiger partial charge in [0.1, 0.15) is 0 Å². The van der Waals surface area contributed by atoms with E-state index in [0.717, 1.165) is 41.3 Å². The van der Waals surface area contributed by atoms with Gasteiger partial charge in [-0.1, -0.05) is 24.3 Å². The second-order valence-electron chi connectivity index (χ2n) is 4.71. The molecular weight excluding hydrogens is 222 g/mol. The van der Waals surface area contributed by atoms with Crippen molar-refractivity contribution in [2.75, 3.05) is 0 Å². The van der Waals surface area contributed by atoms with Gasteiger partial charge < -0.3 is 0 Å². The Kier molecular flexibility index (Phi) is 2.93. The maximum atomic E-state index is 12.2. The van der Waals surface area contributed by atoms with E-state index in [-0.39, 0.29) is 5.78 Å². The summed E-state index contributed by atoms with van der Waals surface area (Å²) in [6.07, 6.45) is 7.49. The largest absolute Gasteiger partial charge is 0.294 e. The molecule has 2 heteroatoms. The number of allylic oxidation sites excluding steroid dienone is 2. The highest BCUT2D eigenvalue weighted by Gasteiger charge is 2.14. The van der Waals surface area contributed by atoms with Crippen LogP contribution in [0.25, 0.3) is 10.9 Å². The summed E-state index contributed by atoms with van der Waals surface area (Å²) in [6.45, 7) is 0. The van der Waals surface area contributed by atoms with Crippen LogP contribution in [-0.2, 0) is 11.2 Å². The summed E-state index contributed by atoms with van der Waals surface area (Å²) in [5.41, 5.74) is 3.05. The molecule has 2 aromatic rings. The monoisotopic (exact) mass is 237 g/mol. The molecule has 0 aliphatic heterocycles. The molecule has 0 N–H and O–H groups in total. The molecule has 90 valence electrons. The summed E-state index contributed by atoms with van der Waals surface area (Å²) in [6, 6.07) is 9.94. The summed E-state index contributed by atoms with van der Waals surface area (Å²) < 4.78 is 0. The number of aromatic nitrogens is 1. The van der Waals surface area contributed by atoms with Crippen molar-refractivity contribution in [1.82, 2.24) is 4.98 Å². The molecule has 0 saturated heterocycles. The lowest BCUT2D eigenvalue weighted by Crippen LogP contribution is -2.05. The minimum atomic E-state index is 0.267.